The van der Waals surface area contributed by atoms with Crippen LogP contribution in [0.15, 0.2) is 29.2 Å². The molecule has 6 nitrogen and oxygen atoms in total. The van der Waals surface area contributed by atoms with Crippen molar-refractivity contribution in [1.82, 2.24) is 5.32 Å². The second-order valence-electron chi connectivity index (χ2n) is 4.63. The van der Waals surface area contributed by atoms with Crippen LogP contribution in [-0.4, -0.2) is 49.5 Å². The minimum absolute atomic E-state index is 0.101. The zero-order valence-electron chi connectivity index (χ0n) is 10.8. The highest BCUT2D eigenvalue weighted by Gasteiger charge is 2.20. The number of hydrogen-bond donors (Lipinski definition) is 3. The highest BCUT2D eigenvalue weighted by atomic mass is 32.2. The van der Waals surface area contributed by atoms with Crippen molar-refractivity contribution in [3.8, 4) is 0 Å². The fraction of sp³-hybridized carbons (Fsp3) is 0.417. The highest BCUT2D eigenvalue weighted by Crippen LogP contribution is 2.10. The first-order valence-corrected chi connectivity index (χ1v) is 7.46. The second kappa shape index (κ2) is 5.68. The van der Waals surface area contributed by atoms with Gasteiger partial charge in [0.2, 0.25) is 0 Å². The lowest BCUT2D eigenvalue weighted by atomic mass is 10.1. The number of aliphatic hydroxyl groups excluding tert-OH is 1. The highest BCUT2D eigenvalue weighted by molar-refractivity contribution is 7.90. The van der Waals surface area contributed by atoms with Gasteiger partial charge in [-0.05, 0) is 31.2 Å². The summed E-state index contributed by atoms with van der Waals surface area (Å²) >= 11 is 0. The molecular weight excluding hydrogens is 270 g/mol. The van der Waals surface area contributed by atoms with Crippen molar-refractivity contribution in [1.29, 1.82) is 0 Å². The van der Waals surface area contributed by atoms with Gasteiger partial charge in [-0.25, -0.2) is 8.42 Å². The minimum atomic E-state index is -3.29. The Hall–Kier alpha value is -1.44. The largest absolute Gasteiger partial charge is 0.393 e. The topological polar surface area (TPSA) is 104 Å². The number of carbonyl (C=O) groups is 1. The SMILES string of the molecule is CC(O)(CO)CNC(=O)c1ccc(S(C)(=O)=O)cc1. The zero-order chi connectivity index (χ0) is 14.7. The molecular formula is C12H17NO5S. The molecule has 0 saturated carbocycles. The summed E-state index contributed by atoms with van der Waals surface area (Å²) in [5.74, 6) is -0.450. The molecule has 0 aliphatic carbocycles. The number of amides is 1. The Balaban J connectivity index is 2.74. The molecule has 0 saturated heterocycles. The molecule has 1 atom stereocenters. The summed E-state index contributed by atoms with van der Waals surface area (Å²) in [6.45, 7) is 0.816. The van der Waals surface area contributed by atoms with Gasteiger partial charge in [0, 0.05) is 18.4 Å². The van der Waals surface area contributed by atoms with E-state index in [1.54, 1.807) is 0 Å². The number of nitrogens with one attached hydrogen (secondary N) is 1. The fourth-order valence-electron chi connectivity index (χ4n) is 1.28. The molecule has 19 heavy (non-hydrogen) atoms. The monoisotopic (exact) mass is 287 g/mol. The number of sulfone groups is 1. The number of carbonyl (C=O) groups excluding carboxylic acids is 1. The molecule has 1 aromatic rings. The zero-order valence-corrected chi connectivity index (χ0v) is 11.6. The van der Waals surface area contributed by atoms with Gasteiger partial charge >= 0.3 is 0 Å². The number of hydrogen-bond acceptors (Lipinski definition) is 5. The van der Waals surface area contributed by atoms with E-state index >= 15 is 0 Å². The Bertz CT molecular complexity index is 548. The van der Waals surface area contributed by atoms with Crippen LogP contribution in [0.1, 0.15) is 17.3 Å². The van der Waals surface area contributed by atoms with E-state index < -0.39 is 28.0 Å². The lowest BCUT2D eigenvalue weighted by Gasteiger charge is -2.20. The van der Waals surface area contributed by atoms with Crippen molar-refractivity contribution in [2.75, 3.05) is 19.4 Å². The first kappa shape index (κ1) is 15.6. The number of benzene rings is 1. The van der Waals surface area contributed by atoms with Crippen molar-refractivity contribution >= 4 is 15.7 Å². The predicted octanol–water partition coefficient (Wildman–Crippen LogP) is -0.437. The summed E-state index contributed by atoms with van der Waals surface area (Å²) in [5, 5.41) is 20.8. The van der Waals surface area contributed by atoms with Crippen LogP contribution in [0.5, 0.6) is 0 Å². The molecule has 0 aromatic heterocycles. The Labute approximate surface area is 112 Å². The van der Waals surface area contributed by atoms with Crippen LogP contribution in [0, 0.1) is 0 Å². The third-order valence-corrected chi connectivity index (χ3v) is 3.64. The molecule has 1 unspecified atom stereocenters. The molecule has 1 amide bonds. The first-order valence-electron chi connectivity index (χ1n) is 5.57. The van der Waals surface area contributed by atoms with Crippen molar-refractivity contribution in [2.24, 2.45) is 0 Å². The van der Waals surface area contributed by atoms with E-state index in [0.29, 0.717) is 0 Å². The summed E-state index contributed by atoms with van der Waals surface area (Å²) in [4.78, 5) is 11.8. The van der Waals surface area contributed by atoms with Gasteiger partial charge in [-0.3, -0.25) is 4.79 Å². The third kappa shape index (κ3) is 4.62. The Morgan fingerprint density at radius 3 is 2.26 bits per heavy atom. The first-order chi connectivity index (χ1) is 8.65. The molecule has 0 heterocycles. The second-order valence-corrected chi connectivity index (χ2v) is 6.65. The molecule has 0 radical (unpaired) electrons. The number of rotatable bonds is 5. The average molecular weight is 287 g/mol. The van der Waals surface area contributed by atoms with E-state index in [1.165, 1.54) is 31.2 Å². The maximum atomic E-state index is 11.7. The van der Waals surface area contributed by atoms with Crippen molar-refractivity contribution in [2.45, 2.75) is 17.4 Å². The summed E-state index contributed by atoms with van der Waals surface area (Å²) in [5.41, 5.74) is -1.11. The molecule has 0 fully saturated rings. The van der Waals surface area contributed by atoms with Crippen molar-refractivity contribution in [3.63, 3.8) is 0 Å². The summed E-state index contributed by atoms with van der Waals surface area (Å²) in [7, 11) is -3.29. The van der Waals surface area contributed by atoms with E-state index in [2.05, 4.69) is 5.32 Å². The van der Waals surface area contributed by atoms with Gasteiger partial charge in [0.05, 0.1) is 11.5 Å². The smallest absolute Gasteiger partial charge is 0.251 e. The van der Waals surface area contributed by atoms with Gasteiger partial charge in [0.1, 0.15) is 5.60 Å². The minimum Gasteiger partial charge on any atom is -0.393 e. The fourth-order valence-corrected chi connectivity index (χ4v) is 1.91. The van der Waals surface area contributed by atoms with Gasteiger partial charge in [-0.1, -0.05) is 0 Å². The van der Waals surface area contributed by atoms with Crippen LogP contribution in [0.3, 0.4) is 0 Å². The lowest BCUT2D eigenvalue weighted by molar-refractivity contribution is 0.00320. The van der Waals surface area contributed by atoms with Crippen LogP contribution in [0.25, 0.3) is 0 Å². The standard InChI is InChI=1S/C12H17NO5S/c1-12(16,8-14)7-13-11(15)9-3-5-10(6-4-9)19(2,17)18/h3-6,14,16H,7-8H2,1-2H3,(H,13,15). The number of aliphatic hydroxyl groups is 2. The molecule has 1 aromatic carbocycles. The average Bonchev–Trinajstić information content (AvgIpc) is 2.35. The maximum absolute atomic E-state index is 11.7. The van der Waals surface area contributed by atoms with Crippen molar-refractivity contribution in [3.05, 3.63) is 29.8 Å². The van der Waals surface area contributed by atoms with Gasteiger partial charge in [-0.2, -0.15) is 0 Å². The molecule has 0 bridgehead atoms. The third-order valence-electron chi connectivity index (χ3n) is 2.52. The summed E-state index contributed by atoms with van der Waals surface area (Å²) in [6, 6.07) is 5.46. The van der Waals surface area contributed by atoms with E-state index in [-0.39, 0.29) is 17.0 Å². The quantitative estimate of drug-likeness (QED) is 0.681. The van der Waals surface area contributed by atoms with Crippen LogP contribution >= 0.6 is 0 Å². The molecule has 0 spiro atoms. The Morgan fingerprint density at radius 1 is 1.32 bits per heavy atom. The maximum Gasteiger partial charge on any atom is 0.251 e. The summed E-state index contributed by atoms with van der Waals surface area (Å²) in [6.07, 6.45) is 1.08. The van der Waals surface area contributed by atoms with E-state index in [0.717, 1.165) is 6.26 Å². The summed E-state index contributed by atoms with van der Waals surface area (Å²) < 4.78 is 22.5. The van der Waals surface area contributed by atoms with Gasteiger partial charge < -0.3 is 15.5 Å². The van der Waals surface area contributed by atoms with Crippen molar-refractivity contribution < 1.29 is 23.4 Å². The lowest BCUT2D eigenvalue weighted by Crippen LogP contribution is -2.43. The molecule has 0 aliphatic rings. The van der Waals surface area contributed by atoms with E-state index in [4.69, 9.17) is 5.11 Å². The Kier molecular flexibility index (Phi) is 4.67. The predicted molar refractivity (Wildman–Crippen MR) is 69.6 cm³/mol. The molecule has 0 aliphatic heterocycles. The van der Waals surface area contributed by atoms with Crippen LogP contribution in [0.2, 0.25) is 0 Å². The van der Waals surface area contributed by atoms with E-state index in [9.17, 15) is 18.3 Å². The normalized spacial score (nSPS) is 14.7. The van der Waals surface area contributed by atoms with Gasteiger partial charge in [0.25, 0.3) is 5.91 Å². The van der Waals surface area contributed by atoms with Crippen LogP contribution < -0.4 is 5.32 Å². The molecule has 106 valence electrons. The molecule has 7 heteroatoms. The van der Waals surface area contributed by atoms with Crippen LogP contribution in [-0.2, 0) is 9.84 Å². The van der Waals surface area contributed by atoms with Gasteiger partial charge in [-0.15, -0.1) is 0 Å². The molecule has 1 rings (SSSR count). The van der Waals surface area contributed by atoms with E-state index in [1.807, 2.05) is 0 Å². The Morgan fingerprint density at radius 2 is 1.84 bits per heavy atom. The van der Waals surface area contributed by atoms with Gasteiger partial charge in [0.15, 0.2) is 9.84 Å². The molecule has 3 N–H and O–H groups in total. The van der Waals surface area contributed by atoms with Crippen LogP contribution in [0.4, 0.5) is 0 Å².